The van der Waals surface area contributed by atoms with Gasteiger partial charge in [0.2, 0.25) is 5.56 Å². The number of amides is 2. The van der Waals surface area contributed by atoms with Crippen molar-refractivity contribution in [3.05, 3.63) is 86.5 Å². The van der Waals surface area contributed by atoms with Crippen LogP contribution in [0.15, 0.2) is 64.3 Å². The molecule has 1 aliphatic rings. The number of rotatable bonds is 4. The summed E-state index contributed by atoms with van der Waals surface area (Å²) in [7, 11) is 3.36. The standard InChI is InChI=1S/C23H19N3O3S2/c1-25(13-16-12-20(27)24-18-6-4-3-5-17(16)18)21(28)15-9-7-14(8-10-15)11-19-22(29)26(2)23(30)31-19/h3-12H,13H2,1-2H3,(H,24,27)/b19-11-. The number of carbonyl (C=O) groups is 2. The lowest BCUT2D eigenvalue weighted by Gasteiger charge is -2.18. The van der Waals surface area contributed by atoms with E-state index in [0.717, 1.165) is 22.0 Å². The number of thiocarbonyl (C=S) groups is 1. The number of fused-ring (bicyclic) bond motifs is 1. The third-order valence-electron chi connectivity index (χ3n) is 5.03. The highest BCUT2D eigenvalue weighted by molar-refractivity contribution is 8.26. The number of carbonyl (C=O) groups excluding carboxylic acids is 2. The Morgan fingerprint density at radius 2 is 1.87 bits per heavy atom. The van der Waals surface area contributed by atoms with Crippen LogP contribution in [0, 0.1) is 0 Å². The molecule has 0 unspecified atom stereocenters. The molecule has 0 saturated carbocycles. The van der Waals surface area contributed by atoms with E-state index in [0.29, 0.717) is 21.3 Å². The van der Waals surface area contributed by atoms with E-state index in [-0.39, 0.29) is 17.4 Å². The number of hydrogen-bond acceptors (Lipinski definition) is 5. The molecule has 1 aliphatic heterocycles. The van der Waals surface area contributed by atoms with Crippen molar-refractivity contribution in [1.29, 1.82) is 0 Å². The fourth-order valence-electron chi connectivity index (χ4n) is 3.37. The van der Waals surface area contributed by atoms with Crippen LogP contribution in [0.2, 0.25) is 0 Å². The van der Waals surface area contributed by atoms with Gasteiger partial charge in [-0.3, -0.25) is 19.3 Å². The number of para-hydroxylation sites is 1. The first kappa shape index (κ1) is 21.0. The van der Waals surface area contributed by atoms with Gasteiger partial charge >= 0.3 is 0 Å². The van der Waals surface area contributed by atoms with E-state index >= 15 is 0 Å². The molecule has 2 aromatic carbocycles. The number of thioether (sulfide) groups is 1. The summed E-state index contributed by atoms with van der Waals surface area (Å²) in [5.74, 6) is -0.282. The van der Waals surface area contributed by atoms with Crippen molar-refractivity contribution >= 4 is 57.1 Å². The second-order valence-electron chi connectivity index (χ2n) is 7.23. The predicted octanol–water partition coefficient (Wildman–Crippen LogP) is 3.63. The Morgan fingerprint density at radius 3 is 2.55 bits per heavy atom. The van der Waals surface area contributed by atoms with E-state index < -0.39 is 0 Å². The number of hydrogen-bond donors (Lipinski definition) is 1. The lowest BCUT2D eigenvalue weighted by molar-refractivity contribution is -0.121. The SMILES string of the molecule is CN(Cc1cc(=O)[nH]c2ccccc12)C(=O)c1ccc(/C=C2\SC(=S)N(C)C2=O)cc1. The molecule has 3 aromatic rings. The first-order valence-electron chi connectivity index (χ1n) is 9.51. The average molecular weight is 450 g/mol. The Morgan fingerprint density at radius 1 is 1.16 bits per heavy atom. The summed E-state index contributed by atoms with van der Waals surface area (Å²) in [6.45, 7) is 0.310. The summed E-state index contributed by atoms with van der Waals surface area (Å²) in [5.41, 5.74) is 2.67. The molecule has 31 heavy (non-hydrogen) atoms. The molecule has 1 N–H and O–H groups in total. The fourth-order valence-corrected chi connectivity index (χ4v) is 4.55. The van der Waals surface area contributed by atoms with Gasteiger partial charge in [0.05, 0.1) is 4.91 Å². The number of pyridine rings is 1. The minimum Gasteiger partial charge on any atom is -0.337 e. The van der Waals surface area contributed by atoms with Gasteiger partial charge in [0.25, 0.3) is 11.8 Å². The summed E-state index contributed by atoms with van der Waals surface area (Å²) in [6, 6.07) is 16.1. The van der Waals surface area contributed by atoms with Crippen LogP contribution in [0.3, 0.4) is 0 Å². The first-order chi connectivity index (χ1) is 14.8. The molecular formula is C23H19N3O3S2. The van der Waals surface area contributed by atoms with Crippen molar-refractivity contribution in [3.8, 4) is 0 Å². The minimum absolute atomic E-state index is 0.125. The van der Waals surface area contributed by atoms with E-state index in [1.807, 2.05) is 24.3 Å². The summed E-state index contributed by atoms with van der Waals surface area (Å²) in [5, 5.41) is 0.908. The van der Waals surface area contributed by atoms with Crippen LogP contribution in [0.1, 0.15) is 21.5 Å². The second kappa shape index (κ2) is 8.49. The van der Waals surface area contributed by atoms with Gasteiger partial charge in [-0.1, -0.05) is 54.3 Å². The highest BCUT2D eigenvalue weighted by Crippen LogP contribution is 2.31. The van der Waals surface area contributed by atoms with Crippen LogP contribution in [-0.2, 0) is 11.3 Å². The number of nitrogens with one attached hydrogen (secondary N) is 1. The molecule has 156 valence electrons. The van der Waals surface area contributed by atoms with E-state index in [4.69, 9.17) is 12.2 Å². The van der Waals surface area contributed by atoms with Crippen LogP contribution >= 0.6 is 24.0 Å². The highest BCUT2D eigenvalue weighted by atomic mass is 32.2. The Labute approximate surface area is 188 Å². The zero-order chi connectivity index (χ0) is 22.1. The van der Waals surface area contributed by atoms with Crippen LogP contribution < -0.4 is 5.56 Å². The van der Waals surface area contributed by atoms with Crippen LogP contribution in [0.5, 0.6) is 0 Å². The predicted molar refractivity (Wildman–Crippen MR) is 128 cm³/mol. The van der Waals surface area contributed by atoms with Gasteiger partial charge in [-0.05, 0) is 35.4 Å². The highest BCUT2D eigenvalue weighted by Gasteiger charge is 2.28. The molecule has 1 aromatic heterocycles. The molecule has 2 heterocycles. The summed E-state index contributed by atoms with van der Waals surface area (Å²) in [6.07, 6.45) is 1.77. The van der Waals surface area contributed by atoms with Crippen molar-refractivity contribution in [2.24, 2.45) is 0 Å². The van der Waals surface area contributed by atoms with Crippen LogP contribution in [-0.4, -0.2) is 45.0 Å². The van der Waals surface area contributed by atoms with Gasteiger partial charge in [0.15, 0.2) is 0 Å². The van der Waals surface area contributed by atoms with Gasteiger partial charge in [-0.15, -0.1) is 0 Å². The zero-order valence-electron chi connectivity index (χ0n) is 16.9. The second-order valence-corrected chi connectivity index (χ2v) is 8.90. The van der Waals surface area contributed by atoms with E-state index in [2.05, 4.69) is 4.98 Å². The normalized spacial score (nSPS) is 15.2. The number of H-pyrrole nitrogens is 1. The molecule has 0 spiro atoms. The van der Waals surface area contributed by atoms with Crippen LogP contribution in [0.25, 0.3) is 17.0 Å². The molecule has 4 rings (SSSR count). The first-order valence-corrected chi connectivity index (χ1v) is 10.7. The maximum absolute atomic E-state index is 12.9. The molecular weight excluding hydrogens is 430 g/mol. The molecule has 0 aliphatic carbocycles. The van der Waals surface area contributed by atoms with E-state index in [9.17, 15) is 14.4 Å². The lowest BCUT2D eigenvalue weighted by Crippen LogP contribution is -2.27. The number of nitrogens with zero attached hydrogens (tertiary/aromatic N) is 2. The monoisotopic (exact) mass is 449 g/mol. The van der Waals surface area contributed by atoms with E-state index in [1.165, 1.54) is 22.7 Å². The van der Waals surface area contributed by atoms with Crippen molar-refractivity contribution in [2.75, 3.05) is 14.1 Å². The third kappa shape index (κ3) is 4.30. The third-order valence-corrected chi connectivity index (χ3v) is 6.52. The Bertz CT molecular complexity index is 1300. The minimum atomic E-state index is -0.198. The molecule has 8 heteroatoms. The van der Waals surface area contributed by atoms with Crippen molar-refractivity contribution in [3.63, 3.8) is 0 Å². The Kier molecular flexibility index (Phi) is 5.75. The van der Waals surface area contributed by atoms with Gasteiger partial charge in [0, 0.05) is 43.2 Å². The number of benzene rings is 2. The van der Waals surface area contributed by atoms with Crippen LogP contribution in [0.4, 0.5) is 0 Å². The van der Waals surface area contributed by atoms with Gasteiger partial charge in [-0.25, -0.2) is 0 Å². The van der Waals surface area contributed by atoms with Gasteiger partial charge in [0.1, 0.15) is 4.32 Å². The largest absolute Gasteiger partial charge is 0.337 e. The smallest absolute Gasteiger partial charge is 0.265 e. The molecule has 1 saturated heterocycles. The van der Waals surface area contributed by atoms with Crippen molar-refractivity contribution in [2.45, 2.75) is 6.54 Å². The van der Waals surface area contributed by atoms with Crippen molar-refractivity contribution < 1.29 is 9.59 Å². The summed E-state index contributed by atoms with van der Waals surface area (Å²) in [4.78, 5) is 43.4. The maximum Gasteiger partial charge on any atom is 0.265 e. The molecule has 1 fully saturated rings. The average Bonchev–Trinajstić information content (AvgIpc) is 3.00. The zero-order valence-corrected chi connectivity index (χ0v) is 18.5. The summed E-state index contributed by atoms with van der Waals surface area (Å²) >= 11 is 6.40. The number of likely N-dealkylation sites (N-methyl/N-ethyl adjacent to an activating group) is 1. The molecule has 2 amide bonds. The molecule has 6 nitrogen and oxygen atoms in total. The quantitative estimate of drug-likeness (QED) is 0.486. The molecule has 0 bridgehead atoms. The summed E-state index contributed by atoms with van der Waals surface area (Å²) < 4.78 is 0.525. The molecule has 0 radical (unpaired) electrons. The number of aromatic nitrogens is 1. The number of aromatic amines is 1. The Hall–Kier alpha value is -3.23. The maximum atomic E-state index is 12.9. The van der Waals surface area contributed by atoms with E-state index in [1.54, 1.807) is 49.3 Å². The molecule has 0 atom stereocenters. The van der Waals surface area contributed by atoms with Crippen molar-refractivity contribution in [1.82, 2.24) is 14.8 Å². The topological polar surface area (TPSA) is 73.5 Å². The lowest BCUT2D eigenvalue weighted by atomic mass is 10.1. The Balaban J connectivity index is 1.52. The fraction of sp³-hybridized carbons (Fsp3) is 0.130. The van der Waals surface area contributed by atoms with Gasteiger partial charge < -0.3 is 9.88 Å². The van der Waals surface area contributed by atoms with Gasteiger partial charge in [-0.2, -0.15) is 0 Å².